The first-order chi connectivity index (χ1) is 13.5. The van der Waals surface area contributed by atoms with E-state index in [9.17, 15) is 9.59 Å². The van der Waals surface area contributed by atoms with Crippen LogP contribution < -0.4 is 9.47 Å². The largest absolute Gasteiger partial charge is 0.497 e. The molecule has 0 fully saturated rings. The van der Waals surface area contributed by atoms with E-state index < -0.39 is 5.97 Å². The van der Waals surface area contributed by atoms with E-state index in [1.165, 1.54) is 7.11 Å². The second-order valence-electron chi connectivity index (χ2n) is 6.40. The van der Waals surface area contributed by atoms with Crippen LogP contribution in [0.4, 0.5) is 0 Å². The average Bonchev–Trinajstić information content (AvgIpc) is 2.68. The molecule has 0 bridgehead atoms. The molecular weight excluding hydrogens is 356 g/mol. The third-order valence-corrected chi connectivity index (χ3v) is 4.11. The maximum Gasteiger partial charge on any atom is 0.342 e. The highest BCUT2D eigenvalue weighted by molar-refractivity contribution is 6.01. The van der Waals surface area contributed by atoms with Crippen LogP contribution in [-0.2, 0) is 11.2 Å². The molecule has 5 heteroatoms. The van der Waals surface area contributed by atoms with Gasteiger partial charge in [-0.2, -0.15) is 0 Å². The Morgan fingerprint density at radius 3 is 2.43 bits per heavy atom. The summed E-state index contributed by atoms with van der Waals surface area (Å²) in [6, 6.07) is 12.3. The van der Waals surface area contributed by atoms with Crippen molar-refractivity contribution in [3.8, 4) is 11.5 Å². The highest BCUT2D eigenvalue weighted by Gasteiger charge is 2.23. The lowest BCUT2D eigenvalue weighted by Gasteiger charge is -2.16. The van der Waals surface area contributed by atoms with Crippen LogP contribution in [0.15, 0.2) is 54.6 Å². The number of Topliss-reactive ketones (excluding diaryl/α,β-unsaturated/α-hetero) is 1. The van der Waals surface area contributed by atoms with E-state index in [1.807, 2.05) is 13.0 Å². The first-order valence-corrected chi connectivity index (χ1v) is 9.19. The molecule has 0 saturated heterocycles. The minimum atomic E-state index is -0.522. The van der Waals surface area contributed by atoms with Crippen LogP contribution in [0.2, 0.25) is 0 Å². The van der Waals surface area contributed by atoms with Gasteiger partial charge >= 0.3 is 5.97 Å². The summed E-state index contributed by atoms with van der Waals surface area (Å²) < 4.78 is 16.4. The van der Waals surface area contributed by atoms with Crippen molar-refractivity contribution >= 4 is 11.8 Å². The molecule has 0 unspecified atom stereocenters. The lowest BCUT2D eigenvalue weighted by Crippen LogP contribution is -2.15. The van der Waals surface area contributed by atoms with E-state index in [4.69, 9.17) is 14.2 Å². The second kappa shape index (κ2) is 10.3. The Morgan fingerprint density at radius 1 is 1.11 bits per heavy atom. The van der Waals surface area contributed by atoms with Gasteiger partial charge in [-0.15, -0.1) is 6.58 Å². The van der Waals surface area contributed by atoms with Crippen molar-refractivity contribution in [1.29, 1.82) is 0 Å². The molecule has 0 N–H and O–H groups in total. The van der Waals surface area contributed by atoms with E-state index in [1.54, 1.807) is 43.3 Å². The molecule has 2 aromatic carbocycles. The van der Waals surface area contributed by atoms with Gasteiger partial charge in [-0.05, 0) is 25.5 Å². The van der Waals surface area contributed by atoms with Crippen molar-refractivity contribution in [2.75, 3.05) is 20.3 Å². The summed E-state index contributed by atoms with van der Waals surface area (Å²) in [4.78, 5) is 25.3. The predicted molar refractivity (Wildman–Crippen MR) is 108 cm³/mol. The van der Waals surface area contributed by atoms with Crippen molar-refractivity contribution in [1.82, 2.24) is 0 Å². The fraction of sp³-hybridized carbons (Fsp3) is 0.304. The minimum Gasteiger partial charge on any atom is -0.497 e. The van der Waals surface area contributed by atoms with Gasteiger partial charge in [0, 0.05) is 24.5 Å². The maximum absolute atomic E-state index is 12.7. The van der Waals surface area contributed by atoms with Crippen LogP contribution in [0.3, 0.4) is 0 Å². The Balaban J connectivity index is 2.43. The Bertz CT molecular complexity index is 840. The highest BCUT2D eigenvalue weighted by atomic mass is 16.5. The number of esters is 1. The normalized spacial score (nSPS) is 10.2. The van der Waals surface area contributed by atoms with Crippen LogP contribution in [0, 0.1) is 0 Å². The lowest BCUT2D eigenvalue weighted by atomic mass is 9.97. The zero-order valence-corrected chi connectivity index (χ0v) is 16.6. The SMILES string of the molecule is C=C(C)CCOc1cc(OC)cc(CC(=O)c2ccccc2)c1C(=O)OCC. The Kier molecular flexibility index (Phi) is 7.81. The molecule has 0 radical (unpaired) electrons. The van der Waals surface area contributed by atoms with Gasteiger partial charge in [-0.3, -0.25) is 4.79 Å². The average molecular weight is 382 g/mol. The number of benzene rings is 2. The van der Waals surface area contributed by atoms with Crippen LogP contribution in [0.1, 0.15) is 46.5 Å². The summed E-state index contributed by atoms with van der Waals surface area (Å²) in [6.45, 7) is 8.08. The lowest BCUT2D eigenvalue weighted by molar-refractivity contribution is 0.0520. The molecule has 0 saturated carbocycles. The van der Waals surface area contributed by atoms with Crippen molar-refractivity contribution in [2.24, 2.45) is 0 Å². The van der Waals surface area contributed by atoms with E-state index in [0.717, 1.165) is 5.57 Å². The Hall–Kier alpha value is -3.08. The first kappa shape index (κ1) is 21.2. The summed E-state index contributed by atoms with van der Waals surface area (Å²) in [5, 5.41) is 0. The quantitative estimate of drug-likeness (QED) is 0.340. The monoisotopic (exact) mass is 382 g/mol. The topological polar surface area (TPSA) is 61.8 Å². The zero-order chi connectivity index (χ0) is 20.5. The molecule has 0 atom stereocenters. The van der Waals surface area contributed by atoms with Gasteiger partial charge < -0.3 is 14.2 Å². The molecule has 0 amide bonds. The fourth-order valence-electron chi connectivity index (χ4n) is 2.69. The van der Waals surface area contributed by atoms with Crippen molar-refractivity contribution < 1.29 is 23.8 Å². The molecule has 2 aromatic rings. The summed E-state index contributed by atoms with van der Waals surface area (Å²) >= 11 is 0. The molecule has 0 aliphatic heterocycles. The van der Waals surface area contributed by atoms with Crippen molar-refractivity contribution in [3.05, 3.63) is 71.3 Å². The summed E-state index contributed by atoms with van der Waals surface area (Å²) in [6.07, 6.45) is 0.684. The number of carbonyl (C=O) groups excluding carboxylic acids is 2. The molecular formula is C23H26O5. The van der Waals surface area contributed by atoms with E-state index in [-0.39, 0.29) is 24.4 Å². The number of carbonyl (C=O) groups is 2. The molecule has 0 spiro atoms. The third kappa shape index (κ3) is 5.71. The molecule has 5 nitrogen and oxygen atoms in total. The van der Waals surface area contributed by atoms with Crippen LogP contribution in [0.25, 0.3) is 0 Å². The highest BCUT2D eigenvalue weighted by Crippen LogP contribution is 2.31. The molecule has 0 heterocycles. The summed E-state index contributed by atoms with van der Waals surface area (Å²) in [7, 11) is 1.53. The van der Waals surface area contributed by atoms with Crippen molar-refractivity contribution in [2.45, 2.75) is 26.7 Å². The standard InChI is InChI=1S/C23H26O5/c1-5-27-23(25)22-18(14-20(24)17-9-7-6-8-10-17)13-19(26-4)15-21(22)28-12-11-16(2)3/h6-10,13,15H,2,5,11-12,14H2,1,3-4H3. The van der Waals surface area contributed by atoms with Gasteiger partial charge in [0.2, 0.25) is 0 Å². The number of hydrogen-bond acceptors (Lipinski definition) is 5. The summed E-state index contributed by atoms with van der Waals surface area (Å²) in [5.74, 6) is 0.225. The van der Waals surface area contributed by atoms with Gasteiger partial charge in [0.05, 0.1) is 20.3 Å². The minimum absolute atomic E-state index is 0.0339. The molecule has 0 aromatic heterocycles. The Morgan fingerprint density at radius 2 is 1.82 bits per heavy atom. The fourth-order valence-corrected chi connectivity index (χ4v) is 2.69. The number of rotatable bonds is 10. The van der Waals surface area contributed by atoms with Crippen LogP contribution in [0.5, 0.6) is 11.5 Å². The number of hydrogen-bond donors (Lipinski definition) is 0. The molecule has 0 aliphatic rings. The Labute approximate surface area is 165 Å². The van der Waals surface area contributed by atoms with Gasteiger partial charge in [0.15, 0.2) is 5.78 Å². The molecule has 0 aliphatic carbocycles. The number of ketones is 1. The maximum atomic E-state index is 12.7. The summed E-state index contributed by atoms with van der Waals surface area (Å²) in [5.41, 5.74) is 2.32. The van der Waals surface area contributed by atoms with E-state index in [0.29, 0.717) is 35.7 Å². The number of ether oxygens (including phenoxy) is 3. The second-order valence-corrected chi connectivity index (χ2v) is 6.40. The van der Waals surface area contributed by atoms with Gasteiger partial charge in [-0.1, -0.05) is 35.9 Å². The number of methoxy groups -OCH3 is 1. The van der Waals surface area contributed by atoms with Crippen LogP contribution >= 0.6 is 0 Å². The van der Waals surface area contributed by atoms with Gasteiger partial charge in [-0.25, -0.2) is 4.79 Å². The molecule has 148 valence electrons. The first-order valence-electron chi connectivity index (χ1n) is 9.19. The van der Waals surface area contributed by atoms with E-state index in [2.05, 4.69) is 6.58 Å². The van der Waals surface area contributed by atoms with E-state index >= 15 is 0 Å². The van der Waals surface area contributed by atoms with Gasteiger partial charge in [0.1, 0.15) is 17.1 Å². The predicted octanol–water partition coefficient (Wildman–Crippen LogP) is 4.64. The van der Waals surface area contributed by atoms with Crippen molar-refractivity contribution in [3.63, 3.8) is 0 Å². The third-order valence-electron chi connectivity index (χ3n) is 4.11. The van der Waals surface area contributed by atoms with Crippen LogP contribution in [-0.4, -0.2) is 32.1 Å². The molecule has 2 rings (SSSR count). The smallest absolute Gasteiger partial charge is 0.342 e. The van der Waals surface area contributed by atoms with Gasteiger partial charge in [0.25, 0.3) is 0 Å². The zero-order valence-electron chi connectivity index (χ0n) is 16.6. The molecule has 28 heavy (non-hydrogen) atoms.